The molecule has 0 saturated heterocycles. The summed E-state index contributed by atoms with van der Waals surface area (Å²) in [5.74, 6) is 6.16. The number of carbonyl (C=O) groups is 1. The number of hydrogen-bond acceptors (Lipinski definition) is 4. The first-order valence-corrected chi connectivity index (χ1v) is 6.05. The quantitative estimate of drug-likeness (QED) is 0.817. The van der Waals surface area contributed by atoms with E-state index in [0.29, 0.717) is 17.1 Å². The van der Waals surface area contributed by atoms with Crippen molar-refractivity contribution in [2.24, 2.45) is 0 Å². The third kappa shape index (κ3) is 3.25. The van der Waals surface area contributed by atoms with Gasteiger partial charge >= 0.3 is 0 Å². The lowest BCUT2D eigenvalue weighted by molar-refractivity contribution is 0.102. The molecule has 1 aromatic carbocycles. The number of aliphatic hydroxyl groups is 1. The summed E-state index contributed by atoms with van der Waals surface area (Å²) in [5.41, 5.74) is 2.17. The SMILES string of the molecule is Cc1cc(NC(=O)c2ccc(C#CCO)c(C)c2)no1. The molecule has 1 heterocycles. The molecule has 2 N–H and O–H groups in total. The molecule has 20 heavy (non-hydrogen) atoms. The van der Waals surface area contributed by atoms with Crippen LogP contribution in [-0.4, -0.2) is 22.8 Å². The summed E-state index contributed by atoms with van der Waals surface area (Å²) < 4.78 is 4.88. The number of aryl methyl sites for hydroxylation is 2. The molecule has 1 amide bonds. The number of nitrogens with one attached hydrogen (secondary N) is 1. The van der Waals surface area contributed by atoms with Crippen molar-refractivity contribution >= 4 is 11.7 Å². The fraction of sp³-hybridized carbons (Fsp3) is 0.200. The van der Waals surface area contributed by atoms with Crippen molar-refractivity contribution in [3.63, 3.8) is 0 Å². The predicted molar refractivity (Wildman–Crippen MR) is 74.3 cm³/mol. The highest BCUT2D eigenvalue weighted by molar-refractivity contribution is 6.03. The number of anilines is 1. The maximum Gasteiger partial charge on any atom is 0.256 e. The Morgan fingerprint density at radius 2 is 2.20 bits per heavy atom. The molecule has 0 atom stereocenters. The zero-order valence-electron chi connectivity index (χ0n) is 11.2. The Kier molecular flexibility index (Phi) is 4.18. The van der Waals surface area contributed by atoms with Gasteiger partial charge in [-0.1, -0.05) is 17.0 Å². The Morgan fingerprint density at radius 3 is 2.80 bits per heavy atom. The third-order valence-corrected chi connectivity index (χ3v) is 2.66. The fourth-order valence-electron chi connectivity index (χ4n) is 1.69. The maximum atomic E-state index is 12.0. The Bertz CT molecular complexity index is 693. The summed E-state index contributed by atoms with van der Waals surface area (Å²) in [6.45, 7) is 3.42. The van der Waals surface area contributed by atoms with Crippen LogP contribution in [0.5, 0.6) is 0 Å². The van der Waals surface area contributed by atoms with Crippen LogP contribution >= 0.6 is 0 Å². The van der Waals surface area contributed by atoms with E-state index in [0.717, 1.165) is 11.1 Å². The van der Waals surface area contributed by atoms with E-state index >= 15 is 0 Å². The molecular formula is C15H14N2O3. The summed E-state index contributed by atoms with van der Waals surface area (Å²) in [6.07, 6.45) is 0. The van der Waals surface area contributed by atoms with E-state index in [9.17, 15) is 4.79 Å². The minimum Gasteiger partial charge on any atom is -0.384 e. The van der Waals surface area contributed by atoms with Crippen molar-refractivity contribution in [1.82, 2.24) is 5.16 Å². The van der Waals surface area contributed by atoms with E-state index in [-0.39, 0.29) is 12.5 Å². The average Bonchev–Trinajstić information content (AvgIpc) is 2.82. The van der Waals surface area contributed by atoms with Crippen molar-refractivity contribution in [3.8, 4) is 11.8 Å². The summed E-state index contributed by atoms with van der Waals surface area (Å²) in [6, 6.07) is 6.81. The zero-order chi connectivity index (χ0) is 14.5. The number of carbonyl (C=O) groups excluding carboxylic acids is 1. The van der Waals surface area contributed by atoms with Gasteiger partial charge < -0.3 is 14.9 Å². The summed E-state index contributed by atoms with van der Waals surface area (Å²) in [5, 5.41) is 15.0. The van der Waals surface area contributed by atoms with Gasteiger partial charge in [-0.3, -0.25) is 4.79 Å². The van der Waals surface area contributed by atoms with Crippen LogP contribution in [0.3, 0.4) is 0 Å². The summed E-state index contributed by atoms with van der Waals surface area (Å²) >= 11 is 0. The molecule has 0 aliphatic carbocycles. The monoisotopic (exact) mass is 270 g/mol. The topological polar surface area (TPSA) is 75.4 Å². The molecule has 5 nitrogen and oxygen atoms in total. The lowest BCUT2D eigenvalue weighted by atomic mass is 10.0. The van der Waals surface area contributed by atoms with Crippen LogP contribution in [0.15, 0.2) is 28.8 Å². The predicted octanol–water partition coefficient (Wildman–Crippen LogP) is 1.89. The van der Waals surface area contributed by atoms with Crippen LogP contribution < -0.4 is 5.32 Å². The second kappa shape index (κ2) is 6.04. The first-order chi connectivity index (χ1) is 9.60. The Hall–Kier alpha value is -2.58. The highest BCUT2D eigenvalue weighted by atomic mass is 16.5. The average molecular weight is 270 g/mol. The van der Waals surface area contributed by atoms with Crippen molar-refractivity contribution in [3.05, 3.63) is 46.7 Å². The first-order valence-electron chi connectivity index (χ1n) is 6.05. The molecule has 0 saturated carbocycles. The molecule has 0 radical (unpaired) electrons. The second-order valence-corrected chi connectivity index (χ2v) is 4.27. The van der Waals surface area contributed by atoms with Crippen molar-refractivity contribution in [2.75, 3.05) is 11.9 Å². The van der Waals surface area contributed by atoms with Crippen LogP contribution in [-0.2, 0) is 0 Å². The van der Waals surface area contributed by atoms with Crippen molar-refractivity contribution in [1.29, 1.82) is 0 Å². The highest BCUT2D eigenvalue weighted by Gasteiger charge is 2.09. The van der Waals surface area contributed by atoms with Crippen LogP contribution in [0.25, 0.3) is 0 Å². The summed E-state index contributed by atoms with van der Waals surface area (Å²) in [7, 11) is 0. The first kappa shape index (κ1) is 13.8. The van der Waals surface area contributed by atoms with Crippen molar-refractivity contribution in [2.45, 2.75) is 13.8 Å². The number of rotatable bonds is 2. The molecule has 0 aliphatic rings. The van der Waals surface area contributed by atoms with Gasteiger partial charge in [0.15, 0.2) is 5.82 Å². The standard InChI is InChI=1S/C15H14N2O3/c1-10-8-13(6-5-12(10)4-3-7-18)15(19)16-14-9-11(2)20-17-14/h5-6,8-9,18H,7H2,1-2H3,(H,16,17,19). The molecule has 102 valence electrons. The van der Waals surface area contributed by atoms with Gasteiger partial charge in [0.2, 0.25) is 0 Å². The van der Waals surface area contributed by atoms with E-state index in [1.165, 1.54) is 0 Å². The molecule has 2 rings (SSSR count). The molecule has 0 aliphatic heterocycles. The molecule has 0 unspecified atom stereocenters. The minimum atomic E-state index is -0.261. The molecule has 0 bridgehead atoms. The highest BCUT2D eigenvalue weighted by Crippen LogP contribution is 2.13. The number of nitrogens with zero attached hydrogens (tertiary/aromatic N) is 1. The molecular weight excluding hydrogens is 256 g/mol. The number of aliphatic hydroxyl groups excluding tert-OH is 1. The smallest absolute Gasteiger partial charge is 0.256 e. The Morgan fingerprint density at radius 1 is 1.40 bits per heavy atom. The number of hydrogen-bond donors (Lipinski definition) is 2. The number of amides is 1. The third-order valence-electron chi connectivity index (χ3n) is 2.66. The van der Waals surface area contributed by atoms with Gasteiger partial charge in [-0.05, 0) is 37.6 Å². The molecule has 1 aromatic heterocycles. The van der Waals surface area contributed by atoms with Crippen LogP contribution in [0.1, 0.15) is 27.2 Å². The van der Waals surface area contributed by atoms with Gasteiger partial charge in [-0.2, -0.15) is 0 Å². The van der Waals surface area contributed by atoms with Gasteiger partial charge in [0.1, 0.15) is 12.4 Å². The van der Waals surface area contributed by atoms with E-state index in [1.807, 2.05) is 6.92 Å². The van der Waals surface area contributed by atoms with Crippen molar-refractivity contribution < 1.29 is 14.4 Å². The van der Waals surface area contributed by atoms with Gasteiger partial charge in [-0.15, -0.1) is 0 Å². The molecule has 5 heteroatoms. The Labute approximate surface area is 116 Å². The molecule has 0 spiro atoms. The van der Waals surface area contributed by atoms with Gasteiger partial charge in [0, 0.05) is 17.2 Å². The van der Waals surface area contributed by atoms with Gasteiger partial charge in [0.05, 0.1) is 0 Å². The normalized spacial score (nSPS) is 9.75. The van der Waals surface area contributed by atoms with Crippen LogP contribution in [0.4, 0.5) is 5.82 Å². The second-order valence-electron chi connectivity index (χ2n) is 4.27. The lowest BCUT2D eigenvalue weighted by Gasteiger charge is -2.04. The number of benzene rings is 1. The molecule has 2 aromatic rings. The summed E-state index contributed by atoms with van der Waals surface area (Å²) in [4.78, 5) is 12.0. The minimum absolute atomic E-state index is 0.187. The van der Waals surface area contributed by atoms with E-state index < -0.39 is 0 Å². The van der Waals surface area contributed by atoms with E-state index in [4.69, 9.17) is 9.63 Å². The van der Waals surface area contributed by atoms with E-state index in [1.54, 1.807) is 31.2 Å². The fourth-order valence-corrected chi connectivity index (χ4v) is 1.69. The number of aromatic nitrogens is 1. The maximum absolute atomic E-state index is 12.0. The van der Waals surface area contributed by atoms with Gasteiger partial charge in [0.25, 0.3) is 5.91 Å². The Balaban J connectivity index is 2.16. The molecule has 0 fully saturated rings. The largest absolute Gasteiger partial charge is 0.384 e. The van der Waals surface area contributed by atoms with Crippen LogP contribution in [0, 0.1) is 25.7 Å². The van der Waals surface area contributed by atoms with E-state index in [2.05, 4.69) is 22.3 Å². The zero-order valence-corrected chi connectivity index (χ0v) is 11.2. The van der Waals surface area contributed by atoms with Crippen LogP contribution in [0.2, 0.25) is 0 Å². The lowest BCUT2D eigenvalue weighted by Crippen LogP contribution is -2.12. The van der Waals surface area contributed by atoms with Gasteiger partial charge in [-0.25, -0.2) is 0 Å².